The van der Waals surface area contributed by atoms with Crippen molar-refractivity contribution in [2.75, 3.05) is 19.1 Å². The van der Waals surface area contributed by atoms with Gasteiger partial charge in [0.1, 0.15) is 24.8 Å². The number of carbonyl (C=O) groups is 2. The van der Waals surface area contributed by atoms with Gasteiger partial charge in [0.25, 0.3) is 0 Å². The predicted molar refractivity (Wildman–Crippen MR) is 68.2 cm³/mol. The average molecular weight is 254 g/mol. The second-order valence-electron chi connectivity index (χ2n) is 3.67. The van der Waals surface area contributed by atoms with Gasteiger partial charge in [0, 0.05) is 17.8 Å². The lowest BCUT2D eigenvalue weighted by molar-refractivity contribution is -0.135. The van der Waals surface area contributed by atoms with E-state index in [1.165, 1.54) is 11.8 Å². The summed E-state index contributed by atoms with van der Waals surface area (Å²) >= 11 is 0. The van der Waals surface area contributed by atoms with Crippen LogP contribution in [0.15, 0.2) is 29.2 Å². The van der Waals surface area contributed by atoms with Gasteiger partial charge in [-0.05, 0) is 24.3 Å². The van der Waals surface area contributed by atoms with Crippen molar-refractivity contribution in [3.8, 4) is 5.75 Å². The van der Waals surface area contributed by atoms with Crippen LogP contribution in [0.1, 0.15) is 6.92 Å². The highest BCUT2D eigenvalue weighted by molar-refractivity contribution is 7.95. The first-order valence-electron chi connectivity index (χ1n) is 5.12. The fourth-order valence-electron chi connectivity index (χ4n) is 1.14. The van der Waals surface area contributed by atoms with Gasteiger partial charge < -0.3 is 10.1 Å². The van der Waals surface area contributed by atoms with Gasteiger partial charge in [-0.25, -0.2) is 4.79 Å². The third kappa shape index (κ3) is 4.91. The molecule has 5 heteroatoms. The summed E-state index contributed by atoms with van der Waals surface area (Å²) in [5.41, 5.74) is 0. The standard InChI is InChI=1S/C12H15NO3S/c1-9(14)13-8-12(15)16-10-4-6-11(7-5-10)17(2)3/h4-7H,8H2,1-3H3/p+1. The van der Waals surface area contributed by atoms with Gasteiger partial charge in [0.2, 0.25) is 5.91 Å². The van der Waals surface area contributed by atoms with E-state index in [0.29, 0.717) is 5.75 Å². The number of esters is 1. The molecule has 17 heavy (non-hydrogen) atoms. The van der Waals surface area contributed by atoms with Crippen LogP contribution in [-0.4, -0.2) is 30.9 Å². The van der Waals surface area contributed by atoms with Crippen molar-refractivity contribution >= 4 is 22.8 Å². The van der Waals surface area contributed by atoms with Crippen molar-refractivity contribution < 1.29 is 14.3 Å². The second kappa shape index (κ2) is 6.30. The minimum Gasteiger partial charge on any atom is -0.425 e. The zero-order chi connectivity index (χ0) is 12.8. The molecule has 0 saturated heterocycles. The molecule has 0 unspecified atom stereocenters. The lowest BCUT2D eigenvalue weighted by Crippen LogP contribution is -2.29. The maximum atomic E-state index is 11.3. The van der Waals surface area contributed by atoms with E-state index >= 15 is 0 Å². The zero-order valence-corrected chi connectivity index (χ0v) is 11.0. The van der Waals surface area contributed by atoms with Crippen LogP contribution >= 0.6 is 0 Å². The molecule has 1 rings (SSSR count). The fraction of sp³-hybridized carbons (Fsp3) is 0.333. The van der Waals surface area contributed by atoms with Crippen LogP contribution in [0, 0.1) is 0 Å². The molecule has 0 saturated carbocycles. The summed E-state index contributed by atoms with van der Waals surface area (Å²) in [5, 5.41) is 2.38. The van der Waals surface area contributed by atoms with Gasteiger partial charge in [0.05, 0.1) is 0 Å². The van der Waals surface area contributed by atoms with Crippen molar-refractivity contribution in [2.24, 2.45) is 0 Å². The van der Waals surface area contributed by atoms with Gasteiger partial charge in [-0.15, -0.1) is 0 Å². The number of amides is 1. The summed E-state index contributed by atoms with van der Waals surface area (Å²) in [6.45, 7) is 1.24. The Bertz CT molecular complexity index is 401. The molecule has 1 N–H and O–H groups in total. The Morgan fingerprint density at radius 2 is 1.82 bits per heavy atom. The number of rotatable bonds is 4. The third-order valence-electron chi connectivity index (χ3n) is 2.01. The lowest BCUT2D eigenvalue weighted by atomic mass is 10.3. The van der Waals surface area contributed by atoms with Gasteiger partial charge in [-0.2, -0.15) is 0 Å². The highest BCUT2D eigenvalue weighted by Gasteiger charge is 2.09. The van der Waals surface area contributed by atoms with Gasteiger partial charge >= 0.3 is 5.97 Å². The minimum atomic E-state index is -0.472. The molecule has 92 valence electrons. The first-order valence-corrected chi connectivity index (χ1v) is 7.16. The van der Waals surface area contributed by atoms with Crippen LogP contribution in [-0.2, 0) is 20.5 Å². The first kappa shape index (κ1) is 13.6. The van der Waals surface area contributed by atoms with Crippen LogP contribution in [0.25, 0.3) is 0 Å². The van der Waals surface area contributed by atoms with E-state index in [4.69, 9.17) is 4.74 Å². The molecule has 0 fully saturated rings. The van der Waals surface area contributed by atoms with Crippen LogP contribution in [0.3, 0.4) is 0 Å². The van der Waals surface area contributed by atoms with Gasteiger partial charge in [0.15, 0.2) is 4.90 Å². The quantitative estimate of drug-likeness (QED) is 0.495. The highest BCUT2D eigenvalue weighted by Crippen LogP contribution is 2.15. The van der Waals surface area contributed by atoms with E-state index in [9.17, 15) is 9.59 Å². The smallest absolute Gasteiger partial charge is 0.330 e. The SMILES string of the molecule is CC(=O)NCC(=O)Oc1ccc([S+](C)C)cc1. The molecule has 0 aliphatic heterocycles. The van der Waals surface area contributed by atoms with Crippen LogP contribution in [0.5, 0.6) is 5.75 Å². The highest BCUT2D eigenvalue weighted by atomic mass is 32.2. The molecule has 0 aliphatic carbocycles. The summed E-state index contributed by atoms with van der Waals surface area (Å²) in [7, 11) is 0.193. The lowest BCUT2D eigenvalue weighted by Gasteiger charge is -2.04. The molecule has 0 bridgehead atoms. The predicted octanol–water partition coefficient (Wildman–Crippen LogP) is 0.965. The van der Waals surface area contributed by atoms with Crippen LogP contribution in [0.2, 0.25) is 0 Å². The van der Waals surface area contributed by atoms with E-state index in [1.807, 2.05) is 12.1 Å². The van der Waals surface area contributed by atoms with Crippen molar-refractivity contribution in [3.05, 3.63) is 24.3 Å². The second-order valence-corrected chi connectivity index (χ2v) is 5.78. The van der Waals surface area contributed by atoms with Gasteiger partial charge in [-0.1, -0.05) is 0 Å². The topological polar surface area (TPSA) is 55.4 Å². The minimum absolute atomic E-state index is 0.108. The summed E-state index contributed by atoms with van der Waals surface area (Å²) in [6.07, 6.45) is 4.25. The maximum Gasteiger partial charge on any atom is 0.330 e. The monoisotopic (exact) mass is 254 g/mol. The Morgan fingerprint density at radius 3 is 2.29 bits per heavy atom. The molecule has 4 nitrogen and oxygen atoms in total. The molecule has 0 aromatic heterocycles. The number of hydrogen-bond donors (Lipinski definition) is 1. The van der Waals surface area contributed by atoms with E-state index in [-0.39, 0.29) is 23.3 Å². The fourth-order valence-corrected chi connectivity index (χ4v) is 1.82. The third-order valence-corrected chi connectivity index (χ3v) is 3.22. The Kier molecular flexibility index (Phi) is 5.03. The van der Waals surface area contributed by atoms with E-state index < -0.39 is 5.97 Å². The molecule has 0 aliphatic rings. The normalized spacial score (nSPS) is 10.1. The van der Waals surface area contributed by atoms with Gasteiger partial charge in [-0.3, -0.25) is 4.79 Å². The Balaban J connectivity index is 2.51. The molecule has 1 amide bonds. The molecule has 0 spiro atoms. The van der Waals surface area contributed by atoms with E-state index in [2.05, 4.69) is 17.8 Å². The first-order chi connectivity index (χ1) is 7.99. The zero-order valence-electron chi connectivity index (χ0n) is 10.1. The van der Waals surface area contributed by atoms with Crippen molar-refractivity contribution in [1.82, 2.24) is 5.32 Å². The summed E-state index contributed by atoms with van der Waals surface area (Å²) in [4.78, 5) is 23.1. The summed E-state index contributed by atoms with van der Waals surface area (Å²) < 4.78 is 5.05. The number of nitrogens with one attached hydrogen (secondary N) is 1. The van der Waals surface area contributed by atoms with E-state index in [1.54, 1.807) is 12.1 Å². The van der Waals surface area contributed by atoms with Crippen LogP contribution in [0.4, 0.5) is 0 Å². The molecule has 1 aromatic carbocycles. The number of benzene rings is 1. The maximum absolute atomic E-state index is 11.3. The van der Waals surface area contributed by atoms with Crippen molar-refractivity contribution in [1.29, 1.82) is 0 Å². The molecular formula is C12H16NO3S+. The van der Waals surface area contributed by atoms with Crippen molar-refractivity contribution in [3.63, 3.8) is 0 Å². The summed E-state index contributed by atoms with van der Waals surface area (Å²) in [5.74, 6) is -0.229. The number of ether oxygens (including phenoxy) is 1. The molecule has 0 atom stereocenters. The average Bonchev–Trinajstić information content (AvgIpc) is 2.27. The number of carbonyl (C=O) groups excluding carboxylic acids is 2. The molecular weight excluding hydrogens is 238 g/mol. The number of hydrogen-bond acceptors (Lipinski definition) is 3. The largest absolute Gasteiger partial charge is 0.425 e. The van der Waals surface area contributed by atoms with E-state index in [0.717, 1.165) is 0 Å². The van der Waals surface area contributed by atoms with Crippen molar-refractivity contribution in [2.45, 2.75) is 11.8 Å². The Labute approximate surface area is 104 Å². The molecule has 0 heterocycles. The molecule has 0 radical (unpaired) electrons. The summed E-state index contributed by atoms with van der Waals surface area (Å²) in [6, 6.07) is 7.39. The van der Waals surface area contributed by atoms with Crippen LogP contribution < -0.4 is 10.1 Å². The Hall–Kier alpha value is -1.49. The molecule has 1 aromatic rings. The Morgan fingerprint density at radius 1 is 1.24 bits per heavy atom.